The SMILES string of the molecule is O=C(CC12CC3CC(CC(C3)C1)C2)NCCCCCl. The summed E-state index contributed by atoms with van der Waals surface area (Å²) in [6.45, 7) is 0.803. The van der Waals surface area contributed by atoms with E-state index in [-0.39, 0.29) is 5.91 Å². The number of rotatable bonds is 6. The molecule has 4 aliphatic rings. The van der Waals surface area contributed by atoms with E-state index >= 15 is 0 Å². The molecule has 0 aromatic carbocycles. The Morgan fingerprint density at radius 3 is 2.16 bits per heavy atom. The van der Waals surface area contributed by atoms with Crippen LogP contribution >= 0.6 is 11.6 Å². The first kappa shape index (κ1) is 13.7. The lowest BCUT2D eigenvalue weighted by Crippen LogP contribution is -2.48. The number of hydrogen-bond acceptors (Lipinski definition) is 1. The summed E-state index contributed by atoms with van der Waals surface area (Å²) in [7, 11) is 0. The standard InChI is InChI=1S/C16H26ClNO/c17-3-1-2-4-18-15(19)11-16-8-12-5-13(9-16)7-14(6-12)10-16/h12-14H,1-11H2,(H,18,19). The lowest BCUT2D eigenvalue weighted by molar-refractivity contribution is -0.129. The molecule has 0 aromatic rings. The molecule has 2 nitrogen and oxygen atoms in total. The molecule has 0 unspecified atom stereocenters. The van der Waals surface area contributed by atoms with Gasteiger partial charge in [0.25, 0.3) is 0 Å². The second kappa shape index (κ2) is 5.63. The maximum absolute atomic E-state index is 12.1. The molecule has 0 atom stereocenters. The molecule has 4 fully saturated rings. The third kappa shape index (κ3) is 3.09. The fourth-order valence-corrected chi connectivity index (χ4v) is 5.55. The maximum Gasteiger partial charge on any atom is 0.220 e. The van der Waals surface area contributed by atoms with Crippen LogP contribution in [-0.4, -0.2) is 18.3 Å². The van der Waals surface area contributed by atoms with Gasteiger partial charge in [0.05, 0.1) is 0 Å². The summed E-state index contributed by atoms with van der Waals surface area (Å²) in [6, 6.07) is 0. The van der Waals surface area contributed by atoms with Gasteiger partial charge >= 0.3 is 0 Å². The first-order chi connectivity index (χ1) is 9.19. The molecule has 0 radical (unpaired) electrons. The zero-order chi connectivity index (χ0) is 13.3. The minimum Gasteiger partial charge on any atom is -0.356 e. The van der Waals surface area contributed by atoms with Crippen molar-refractivity contribution in [3.05, 3.63) is 0 Å². The molecule has 3 heteroatoms. The van der Waals surface area contributed by atoms with E-state index in [0.717, 1.165) is 43.6 Å². The maximum atomic E-state index is 12.1. The van der Waals surface area contributed by atoms with Crippen LogP contribution in [0.3, 0.4) is 0 Å². The Kier molecular flexibility index (Phi) is 4.07. The van der Waals surface area contributed by atoms with Crippen LogP contribution in [0.2, 0.25) is 0 Å². The molecule has 4 rings (SSSR count). The normalized spacial score (nSPS) is 39.5. The van der Waals surface area contributed by atoms with Crippen LogP contribution in [0, 0.1) is 23.2 Å². The number of amides is 1. The van der Waals surface area contributed by atoms with Gasteiger partial charge in [-0.3, -0.25) is 4.79 Å². The van der Waals surface area contributed by atoms with Gasteiger partial charge in [-0.2, -0.15) is 0 Å². The number of nitrogens with one attached hydrogen (secondary N) is 1. The summed E-state index contributed by atoms with van der Waals surface area (Å²) < 4.78 is 0. The number of alkyl halides is 1. The quantitative estimate of drug-likeness (QED) is 0.584. The number of halogens is 1. The molecule has 4 saturated carbocycles. The Bertz CT molecular complexity index is 306. The largest absolute Gasteiger partial charge is 0.356 e. The molecule has 0 spiro atoms. The minimum absolute atomic E-state index is 0.288. The molecule has 0 saturated heterocycles. The third-order valence-corrected chi connectivity index (χ3v) is 5.85. The van der Waals surface area contributed by atoms with Crippen molar-refractivity contribution in [3.63, 3.8) is 0 Å². The molecule has 108 valence electrons. The second-order valence-corrected chi connectivity index (χ2v) is 7.72. The van der Waals surface area contributed by atoms with Crippen molar-refractivity contribution in [1.29, 1.82) is 0 Å². The van der Waals surface area contributed by atoms with Gasteiger partial charge in [-0.05, 0) is 74.5 Å². The number of carbonyl (C=O) groups is 1. The van der Waals surface area contributed by atoms with E-state index in [0.29, 0.717) is 11.3 Å². The summed E-state index contributed by atoms with van der Waals surface area (Å²) in [5, 5.41) is 3.09. The zero-order valence-electron chi connectivity index (χ0n) is 11.8. The lowest BCUT2D eigenvalue weighted by atomic mass is 9.49. The summed E-state index contributed by atoms with van der Waals surface area (Å²) in [5.41, 5.74) is 0.380. The molecule has 1 amide bonds. The van der Waals surface area contributed by atoms with Crippen molar-refractivity contribution in [2.24, 2.45) is 23.2 Å². The Balaban J connectivity index is 1.50. The highest BCUT2D eigenvalue weighted by atomic mass is 35.5. The van der Waals surface area contributed by atoms with E-state index in [1.165, 1.54) is 38.5 Å². The highest BCUT2D eigenvalue weighted by Crippen LogP contribution is 2.61. The topological polar surface area (TPSA) is 29.1 Å². The Morgan fingerprint density at radius 1 is 1.05 bits per heavy atom. The van der Waals surface area contributed by atoms with Gasteiger partial charge in [0.1, 0.15) is 0 Å². The van der Waals surface area contributed by atoms with E-state index < -0.39 is 0 Å². The van der Waals surface area contributed by atoms with Gasteiger partial charge in [-0.1, -0.05) is 0 Å². The predicted octanol–water partition coefficient (Wildman–Crippen LogP) is 3.73. The monoisotopic (exact) mass is 283 g/mol. The van der Waals surface area contributed by atoms with Crippen molar-refractivity contribution in [2.75, 3.05) is 12.4 Å². The van der Waals surface area contributed by atoms with Gasteiger partial charge in [0.2, 0.25) is 5.91 Å². The number of hydrogen-bond donors (Lipinski definition) is 1. The highest BCUT2D eigenvalue weighted by molar-refractivity contribution is 6.17. The minimum atomic E-state index is 0.288. The van der Waals surface area contributed by atoms with Crippen molar-refractivity contribution in [3.8, 4) is 0 Å². The van der Waals surface area contributed by atoms with Gasteiger partial charge in [-0.25, -0.2) is 0 Å². The van der Waals surface area contributed by atoms with E-state index in [1.807, 2.05) is 0 Å². The van der Waals surface area contributed by atoms with E-state index in [1.54, 1.807) is 0 Å². The van der Waals surface area contributed by atoms with Gasteiger partial charge in [0, 0.05) is 18.8 Å². The first-order valence-electron chi connectivity index (χ1n) is 8.02. The van der Waals surface area contributed by atoms with E-state index in [9.17, 15) is 4.79 Å². The van der Waals surface area contributed by atoms with Crippen LogP contribution in [-0.2, 0) is 4.79 Å². The fourth-order valence-electron chi connectivity index (χ4n) is 5.36. The highest BCUT2D eigenvalue weighted by Gasteiger charge is 2.51. The second-order valence-electron chi connectivity index (χ2n) is 7.34. The fraction of sp³-hybridized carbons (Fsp3) is 0.938. The molecule has 0 heterocycles. The van der Waals surface area contributed by atoms with Crippen molar-refractivity contribution < 1.29 is 4.79 Å². The van der Waals surface area contributed by atoms with E-state index in [4.69, 9.17) is 11.6 Å². The molecule has 4 aliphatic carbocycles. The predicted molar refractivity (Wildman–Crippen MR) is 78.2 cm³/mol. The Morgan fingerprint density at radius 2 is 1.63 bits per heavy atom. The zero-order valence-corrected chi connectivity index (χ0v) is 12.6. The average molecular weight is 284 g/mol. The van der Waals surface area contributed by atoms with Gasteiger partial charge in [-0.15, -0.1) is 11.6 Å². The molecule has 0 aromatic heterocycles. The smallest absolute Gasteiger partial charge is 0.220 e. The summed E-state index contributed by atoms with van der Waals surface area (Å²) in [4.78, 5) is 12.1. The molecule has 0 aliphatic heterocycles. The number of carbonyl (C=O) groups excluding carboxylic acids is 1. The summed E-state index contributed by atoms with van der Waals surface area (Å²) in [5.74, 6) is 3.81. The summed E-state index contributed by atoms with van der Waals surface area (Å²) in [6.07, 6.45) is 11.1. The van der Waals surface area contributed by atoms with Crippen LogP contribution in [0.15, 0.2) is 0 Å². The molecule has 1 N–H and O–H groups in total. The van der Waals surface area contributed by atoms with Crippen molar-refractivity contribution in [2.45, 2.75) is 57.8 Å². The van der Waals surface area contributed by atoms with Crippen LogP contribution in [0.25, 0.3) is 0 Å². The number of unbranched alkanes of at least 4 members (excludes halogenated alkanes) is 1. The van der Waals surface area contributed by atoms with Crippen LogP contribution in [0.5, 0.6) is 0 Å². The average Bonchev–Trinajstić information content (AvgIpc) is 2.32. The molecular weight excluding hydrogens is 258 g/mol. The molecule has 4 bridgehead atoms. The summed E-state index contributed by atoms with van der Waals surface area (Å²) >= 11 is 5.65. The van der Waals surface area contributed by atoms with Crippen LogP contribution in [0.1, 0.15) is 57.8 Å². The first-order valence-corrected chi connectivity index (χ1v) is 8.55. The Hall–Kier alpha value is -0.240. The van der Waals surface area contributed by atoms with E-state index in [2.05, 4.69) is 5.32 Å². The lowest BCUT2D eigenvalue weighted by Gasteiger charge is -2.56. The van der Waals surface area contributed by atoms with Gasteiger partial charge < -0.3 is 5.32 Å². The van der Waals surface area contributed by atoms with Crippen molar-refractivity contribution in [1.82, 2.24) is 5.32 Å². The van der Waals surface area contributed by atoms with Gasteiger partial charge in [0.15, 0.2) is 0 Å². The van der Waals surface area contributed by atoms with Crippen LogP contribution in [0.4, 0.5) is 0 Å². The third-order valence-electron chi connectivity index (χ3n) is 5.58. The van der Waals surface area contributed by atoms with Crippen LogP contribution < -0.4 is 5.32 Å². The Labute approximate surface area is 121 Å². The molecular formula is C16H26ClNO. The molecule has 19 heavy (non-hydrogen) atoms. The van der Waals surface area contributed by atoms with Crippen molar-refractivity contribution >= 4 is 17.5 Å².